The molecule has 0 spiro atoms. The number of hydrogen-bond donors (Lipinski definition) is 1. The zero-order chi connectivity index (χ0) is 13.8. The van der Waals surface area contributed by atoms with Crippen LogP contribution in [0.15, 0.2) is 30.3 Å². The van der Waals surface area contributed by atoms with E-state index in [0.29, 0.717) is 10.6 Å². The molecule has 0 aliphatic rings. The van der Waals surface area contributed by atoms with Gasteiger partial charge in [0.2, 0.25) is 0 Å². The molecule has 0 bridgehead atoms. The molecule has 2 nitrogen and oxygen atoms in total. The molecule has 0 atom stereocenters. The van der Waals surface area contributed by atoms with E-state index in [4.69, 9.17) is 12.2 Å². The number of aromatic nitrogens is 2. The molecule has 0 radical (unpaired) electrons. The van der Waals surface area contributed by atoms with E-state index in [-0.39, 0.29) is 0 Å². The van der Waals surface area contributed by atoms with Gasteiger partial charge in [0.15, 0.2) is 0 Å². The summed E-state index contributed by atoms with van der Waals surface area (Å²) in [6.07, 6.45) is 2.07. The van der Waals surface area contributed by atoms with Crippen LogP contribution in [0.25, 0.3) is 11.3 Å². The van der Waals surface area contributed by atoms with Crippen LogP contribution in [0.3, 0.4) is 0 Å². The highest BCUT2D eigenvalue weighted by atomic mass is 32.1. The smallest absolute Gasteiger partial charge is 0.133 e. The Hall–Kier alpha value is -1.48. The van der Waals surface area contributed by atoms with Gasteiger partial charge in [-0.25, -0.2) is 4.98 Å². The first kappa shape index (κ1) is 13.9. The van der Waals surface area contributed by atoms with Crippen molar-refractivity contribution in [2.24, 2.45) is 5.92 Å². The third-order valence-electron chi connectivity index (χ3n) is 3.22. The minimum absolute atomic E-state index is 0.672. The summed E-state index contributed by atoms with van der Waals surface area (Å²) < 4.78 is 0.705. The lowest BCUT2D eigenvalue weighted by Gasteiger charge is -2.10. The maximum absolute atomic E-state index is 5.38. The monoisotopic (exact) mass is 272 g/mol. The average Bonchev–Trinajstić information content (AvgIpc) is 2.41. The number of aromatic amines is 1. The van der Waals surface area contributed by atoms with E-state index < -0.39 is 0 Å². The van der Waals surface area contributed by atoms with Gasteiger partial charge in [-0.15, -0.1) is 0 Å². The Morgan fingerprint density at radius 3 is 2.53 bits per heavy atom. The second-order valence-electron chi connectivity index (χ2n) is 5.29. The molecule has 0 aliphatic heterocycles. The van der Waals surface area contributed by atoms with E-state index in [1.165, 1.54) is 5.56 Å². The molecule has 1 aromatic heterocycles. The van der Waals surface area contributed by atoms with Gasteiger partial charge in [-0.1, -0.05) is 56.4 Å². The van der Waals surface area contributed by atoms with Crippen molar-refractivity contribution in [2.45, 2.75) is 33.6 Å². The molecular weight excluding hydrogens is 252 g/mol. The van der Waals surface area contributed by atoms with Crippen LogP contribution in [0.2, 0.25) is 0 Å². The number of aryl methyl sites for hydroxylation is 1. The average molecular weight is 272 g/mol. The SMILES string of the molecule is Cc1c(-c2ccccc2)[nH]c(CCC(C)C)nc1=S. The maximum atomic E-state index is 5.38. The summed E-state index contributed by atoms with van der Waals surface area (Å²) in [4.78, 5) is 7.94. The van der Waals surface area contributed by atoms with Gasteiger partial charge in [0.25, 0.3) is 0 Å². The molecule has 0 aliphatic carbocycles. The highest BCUT2D eigenvalue weighted by Crippen LogP contribution is 2.21. The number of hydrogen-bond acceptors (Lipinski definition) is 2. The fourth-order valence-corrected chi connectivity index (χ4v) is 2.23. The molecular formula is C16H20N2S. The van der Waals surface area contributed by atoms with Gasteiger partial charge in [-0.2, -0.15) is 0 Å². The first-order valence-electron chi connectivity index (χ1n) is 6.73. The fraction of sp³-hybridized carbons (Fsp3) is 0.375. The predicted molar refractivity (Wildman–Crippen MR) is 82.8 cm³/mol. The van der Waals surface area contributed by atoms with Gasteiger partial charge >= 0.3 is 0 Å². The zero-order valence-corrected chi connectivity index (χ0v) is 12.6. The second-order valence-corrected chi connectivity index (χ2v) is 5.67. The Morgan fingerprint density at radius 1 is 1.21 bits per heavy atom. The first-order valence-corrected chi connectivity index (χ1v) is 7.14. The fourth-order valence-electron chi connectivity index (χ4n) is 2.02. The molecule has 0 fully saturated rings. The molecule has 2 rings (SSSR count). The normalized spacial score (nSPS) is 10.9. The number of benzene rings is 1. The molecule has 1 N–H and O–H groups in total. The van der Waals surface area contributed by atoms with E-state index in [0.717, 1.165) is 29.9 Å². The Labute approximate surface area is 119 Å². The van der Waals surface area contributed by atoms with Gasteiger partial charge in [0, 0.05) is 12.0 Å². The van der Waals surface area contributed by atoms with Crippen LogP contribution in [-0.2, 0) is 6.42 Å². The predicted octanol–water partition coefficient (Wildman–Crippen LogP) is 4.70. The molecule has 0 amide bonds. The summed E-state index contributed by atoms with van der Waals surface area (Å²) in [5.41, 5.74) is 3.31. The van der Waals surface area contributed by atoms with E-state index >= 15 is 0 Å². The summed E-state index contributed by atoms with van der Waals surface area (Å²) in [7, 11) is 0. The van der Waals surface area contributed by atoms with Crippen molar-refractivity contribution in [1.82, 2.24) is 9.97 Å². The van der Waals surface area contributed by atoms with Crippen molar-refractivity contribution in [1.29, 1.82) is 0 Å². The van der Waals surface area contributed by atoms with E-state index in [1.807, 2.05) is 25.1 Å². The quantitative estimate of drug-likeness (QED) is 0.817. The molecule has 2 aromatic rings. The van der Waals surface area contributed by atoms with Crippen LogP contribution in [-0.4, -0.2) is 9.97 Å². The summed E-state index contributed by atoms with van der Waals surface area (Å²) in [5, 5.41) is 0. The van der Waals surface area contributed by atoms with Crippen LogP contribution in [0, 0.1) is 17.5 Å². The van der Waals surface area contributed by atoms with Crippen molar-refractivity contribution in [2.75, 3.05) is 0 Å². The molecule has 100 valence electrons. The highest BCUT2D eigenvalue weighted by Gasteiger charge is 2.07. The largest absolute Gasteiger partial charge is 0.343 e. The summed E-state index contributed by atoms with van der Waals surface area (Å²) in [6, 6.07) is 10.3. The van der Waals surface area contributed by atoms with Crippen LogP contribution < -0.4 is 0 Å². The summed E-state index contributed by atoms with van der Waals surface area (Å²) in [6.45, 7) is 6.47. The summed E-state index contributed by atoms with van der Waals surface area (Å²) >= 11 is 5.38. The number of rotatable bonds is 4. The topological polar surface area (TPSA) is 28.7 Å². The Morgan fingerprint density at radius 2 is 1.89 bits per heavy atom. The number of nitrogens with one attached hydrogen (secondary N) is 1. The number of nitrogens with zero attached hydrogens (tertiary/aromatic N) is 1. The van der Waals surface area contributed by atoms with Gasteiger partial charge in [-0.3, -0.25) is 0 Å². The standard InChI is InChI=1S/C16H20N2S/c1-11(2)9-10-14-17-15(12(3)16(19)18-14)13-7-5-4-6-8-13/h4-8,11H,9-10H2,1-3H3,(H,17,18,19). The molecule has 0 saturated carbocycles. The third kappa shape index (κ3) is 3.51. The lowest BCUT2D eigenvalue weighted by molar-refractivity contribution is 0.574. The third-order valence-corrected chi connectivity index (χ3v) is 3.62. The summed E-state index contributed by atoms with van der Waals surface area (Å²) in [5.74, 6) is 1.66. The van der Waals surface area contributed by atoms with Crippen LogP contribution in [0.1, 0.15) is 31.7 Å². The van der Waals surface area contributed by atoms with Crippen LogP contribution >= 0.6 is 12.2 Å². The Balaban J connectivity index is 2.41. The Kier molecular flexibility index (Phi) is 4.48. The minimum atomic E-state index is 0.672. The first-order chi connectivity index (χ1) is 9.08. The van der Waals surface area contributed by atoms with Gasteiger partial charge in [0.1, 0.15) is 10.5 Å². The van der Waals surface area contributed by atoms with Crippen molar-refractivity contribution in [3.63, 3.8) is 0 Å². The highest BCUT2D eigenvalue weighted by molar-refractivity contribution is 7.71. The van der Waals surface area contributed by atoms with Crippen molar-refractivity contribution >= 4 is 12.2 Å². The Bertz CT molecular complexity index is 600. The van der Waals surface area contributed by atoms with E-state index in [2.05, 4.69) is 35.9 Å². The minimum Gasteiger partial charge on any atom is -0.343 e. The molecule has 0 unspecified atom stereocenters. The van der Waals surface area contributed by atoms with Crippen LogP contribution in [0.4, 0.5) is 0 Å². The molecule has 0 saturated heterocycles. The molecule has 1 heterocycles. The van der Waals surface area contributed by atoms with Crippen molar-refractivity contribution < 1.29 is 0 Å². The van der Waals surface area contributed by atoms with E-state index in [1.54, 1.807) is 0 Å². The molecule has 1 aromatic carbocycles. The molecule has 3 heteroatoms. The van der Waals surface area contributed by atoms with Crippen LogP contribution in [0.5, 0.6) is 0 Å². The molecule has 19 heavy (non-hydrogen) atoms. The zero-order valence-electron chi connectivity index (χ0n) is 11.7. The number of H-pyrrole nitrogens is 1. The maximum Gasteiger partial charge on any atom is 0.133 e. The lowest BCUT2D eigenvalue weighted by Crippen LogP contribution is -2.02. The second kappa shape index (κ2) is 6.11. The van der Waals surface area contributed by atoms with Gasteiger partial charge in [-0.05, 0) is 24.8 Å². The lowest BCUT2D eigenvalue weighted by atomic mass is 10.1. The van der Waals surface area contributed by atoms with Gasteiger partial charge in [0.05, 0.1) is 5.69 Å². The van der Waals surface area contributed by atoms with Crippen molar-refractivity contribution in [3.8, 4) is 11.3 Å². The van der Waals surface area contributed by atoms with E-state index in [9.17, 15) is 0 Å². The van der Waals surface area contributed by atoms with Gasteiger partial charge < -0.3 is 4.98 Å². The van der Waals surface area contributed by atoms with Crippen molar-refractivity contribution in [3.05, 3.63) is 46.4 Å².